The van der Waals surface area contributed by atoms with Crippen LogP contribution in [0.4, 0.5) is 5.69 Å². The van der Waals surface area contributed by atoms with Crippen LogP contribution >= 0.6 is 23.4 Å². The first-order chi connectivity index (χ1) is 11.7. The van der Waals surface area contributed by atoms with Gasteiger partial charge in [0.25, 0.3) is 0 Å². The number of fused-ring (bicyclic) bond motifs is 1. The molecule has 0 saturated carbocycles. The zero-order valence-electron chi connectivity index (χ0n) is 13.1. The number of ether oxygens (including phenoxy) is 1. The van der Waals surface area contributed by atoms with E-state index < -0.39 is 0 Å². The molecule has 24 heavy (non-hydrogen) atoms. The van der Waals surface area contributed by atoms with Crippen LogP contribution in [-0.4, -0.2) is 18.8 Å². The van der Waals surface area contributed by atoms with Crippen molar-refractivity contribution in [3.8, 4) is 5.75 Å². The van der Waals surface area contributed by atoms with E-state index in [4.69, 9.17) is 16.3 Å². The normalized spacial score (nSPS) is 10.6. The fraction of sp³-hybridized carbons (Fsp3) is 0.105. The van der Waals surface area contributed by atoms with Crippen LogP contribution in [0.25, 0.3) is 10.8 Å². The zero-order chi connectivity index (χ0) is 16.9. The Bertz CT molecular complexity index is 877. The number of methoxy groups -OCH3 is 1. The minimum atomic E-state index is -0.0893. The minimum absolute atomic E-state index is 0.0893. The van der Waals surface area contributed by atoms with Crippen LogP contribution in [0.2, 0.25) is 5.02 Å². The third-order valence-corrected chi connectivity index (χ3v) is 4.93. The first kappa shape index (κ1) is 16.7. The summed E-state index contributed by atoms with van der Waals surface area (Å²) in [7, 11) is 1.58. The van der Waals surface area contributed by atoms with Gasteiger partial charge in [-0.1, -0.05) is 48.0 Å². The Kier molecular flexibility index (Phi) is 5.28. The summed E-state index contributed by atoms with van der Waals surface area (Å²) in [5, 5.41) is 5.62. The lowest BCUT2D eigenvalue weighted by Crippen LogP contribution is -2.14. The summed E-state index contributed by atoms with van der Waals surface area (Å²) in [5.74, 6) is 0.847. The quantitative estimate of drug-likeness (QED) is 0.635. The third kappa shape index (κ3) is 3.66. The van der Waals surface area contributed by atoms with Crippen molar-refractivity contribution in [3.63, 3.8) is 0 Å². The number of anilines is 1. The Balaban J connectivity index is 1.73. The van der Waals surface area contributed by atoms with Gasteiger partial charge < -0.3 is 10.1 Å². The standard InChI is InChI=1S/C19H16ClNO2S/c1-23-16-10-3-2-9-15(16)21-18(22)12-24-17-11-5-7-13-6-4-8-14(20)19(13)17/h2-11H,12H2,1H3,(H,21,22). The molecule has 0 atom stereocenters. The molecule has 0 saturated heterocycles. The van der Waals surface area contributed by atoms with E-state index in [9.17, 15) is 4.79 Å². The van der Waals surface area contributed by atoms with Crippen molar-refractivity contribution in [2.45, 2.75) is 4.90 Å². The molecule has 1 N–H and O–H groups in total. The highest BCUT2D eigenvalue weighted by Gasteiger charge is 2.10. The molecule has 3 nitrogen and oxygen atoms in total. The maximum Gasteiger partial charge on any atom is 0.234 e. The molecule has 0 radical (unpaired) electrons. The second kappa shape index (κ2) is 7.60. The van der Waals surface area contributed by atoms with Crippen LogP contribution < -0.4 is 10.1 Å². The first-order valence-electron chi connectivity index (χ1n) is 7.42. The smallest absolute Gasteiger partial charge is 0.234 e. The summed E-state index contributed by atoms with van der Waals surface area (Å²) in [6.07, 6.45) is 0. The Morgan fingerprint density at radius 3 is 2.62 bits per heavy atom. The molecule has 0 aliphatic rings. The number of hydrogen-bond donors (Lipinski definition) is 1. The summed E-state index contributed by atoms with van der Waals surface area (Å²) in [5.41, 5.74) is 0.668. The SMILES string of the molecule is COc1ccccc1NC(=O)CSc1cccc2cccc(Cl)c12. The summed E-state index contributed by atoms with van der Waals surface area (Å²) in [6.45, 7) is 0. The van der Waals surface area contributed by atoms with Gasteiger partial charge in [0.05, 0.1) is 18.6 Å². The number of thioether (sulfide) groups is 1. The number of carbonyl (C=O) groups is 1. The highest BCUT2D eigenvalue weighted by atomic mass is 35.5. The molecule has 0 unspecified atom stereocenters. The van der Waals surface area contributed by atoms with E-state index >= 15 is 0 Å². The number of benzene rings is 3. The largest absolute Gasteiger partial charge is 0.495 e. The Labute approximate surface area is 150 Å². The van der Waals surface area contributed by atoms with E-state index in [1.54, 1.807) is 7.11 Å². The number of para-hydroxylation sites is 2. The number of hydrogen-bond acceptors (Lipinski definition) is 3. The van der Waals surface area contributed by atoms with Gasteiger partial charge in [0.1, 0.15) is 5.75 Å². The van der Waals surface area contributed by atoms with Gasteiger partial charge in [-0.3, -0.25) is 4.79 Å². The topological polar surface area (TPSA) is 38.3 Å². The number of rotatable bonds is 5. The number of amides is 1. The predicted molar refractivity (Wildman–Crippen MR) is 101 cm³/mol. The molecule has 3 rings (SSSR count). The average molecular weight is 358 g/mol. The minimum Gasteiger partial charge on any atom is -0.495 e. The van der Waals surface area contributed by atoms with E-state index in [1.807, 2.05) is 60.7 Å². The van der Waals surface area contributed by atoms with Crippen LogP contribution in [0, 0.1) is 0 Å². The van der Waals surface area contributed by atoms with E-state index in [2.05, 4.69) is 5.32 Å². The molecule has 5 heteroatoms. The van der Waals surface area contributed by atoms with Crippen molar-refractivity contribution >= 4 is 45.7 Å². The molecule has 3 aromatic rings. The van der Waals surface area contributed by atoms with Gasteiger partial charge in [0.2, 0.25) is 5.91 Å². The van der Waals surface area contributed by atoms with Crippen LogP contribution in [0.5, 0.6) is 5.75 Å². The van der Waals surface area contributed by atoms with Crippen LogP contribution in [0.3, 0.4) is 0 Å². The Hall–Kier alpha value is -2.17. The lowest BCUT2D eigenvalue weighted by molar-refractivity contribution is -0.113. The van der Waals surface area contributed by atoms with Crippen molar-refractivity contribution in [2.24, 2.45) is 0 Å². The maximum absolute atomic E-state index is 12.3. The van der Waals surface area contributed by atoms with Gasteiger partial charge in [-0.05, 0) is 29.7 Å². The van der Waals surface area contributed by atoms with E-state index in [1.165, 1.54) is 11.8 Å². The molecule has 122 valence electrons. The van der Waals surface area contributed by atoms with Gasteiger partial charge in [-0.15, -0.1) is 11.8 Å². The first-order valence-corrected chi connectivity index (χ1v) is 8.78. The van der Waals surface area contributed by atoms with Gasteiger partial charge in [0.15, 0.2) is 0 Å². The Morgan fingerprint density at radius 2 is 1.83 bits per heavy atom. The lowest BCUT2D eigenvalue weighted by Gasteiger charge is -2.11. The monoisotopic (exact) mass is 357 g/mol. The fourth-order valence-corrected chi connectivity index (χ4v) is 3.71. The van der Waals surface area contributed by atoms with Crippen LogP contribution in [-0.2, 0) is 4.79 Å². The van der Waals surface area contributed by atoms with Gasteiger partial charge in [-0.25, -0.2) is 0 Å². The van der Waals surface area contributed by atoms with Crippen LogP contribution in [0.1, 0.15) is 0 Å². The molecule has 0 heterocycles. The van der Waals surface area contributed by atoms with E-state index in [0.29, 0.717) is 22.2 Å². The third-order valence-electron chi connectivity index (χ3n) is 3.56. The molecule has 0 spiro atoms. The highest BCUT2D eigenvalue weighted by molar-refractivity contribution is 8.00. The highest BCUT2D eigenvalue weighted by Crippen LogP contribution is 2.33. The lowest BCUT2D eigenvalue weighted by atomic mass is 10.1. The van der Waals surface area contributed by atoms with Crippen molar-refractivity contribution in [1.29, 1.82) is 0 Å². The molecule has 0 bridgehead atoms. The second-order valence-corrected chi connectivity index (χ2v) is 6.56. The van der Waals surface area contributed by atoms with Gasteiger partial charge >= 0.3 is 0 Å². The molecule has 0 aliphatic carbocycles. The summed E-state index contributed by atoms with van der Waals surface area (Å²) >= 11 is 7.78. The van der Waals surface area contributed by atoms with Crippen molar-refractivity contribution in [1.82, 2.24) is 0 Å². The summed E-state index contributed by atoms with van der Waals surface area (Å²) < 4.78 is 5.24. The molecule has 0 fully saturated rings. The Morgan fingerprint density at radius 1 is 1.08 bits per heavy atom. The summed E-state index contributed by atoms with van der Waals surface area (Å²) in [4.78, 5) is 13.2. The van der Waals surface area contributed by atoms with Crippen molar-refractivity contribution in [3.05, 3.63) is 65.7 Å². The maximum atomic E-state index is 12.3. The van der Waals surface area contributed by atoms with Crippen molar-refractivity contribution in [2.75, 3.05) is 18.2 Å². The molecular weight excluding hydrogens is 342 g/mol. The van der Waals surface area contributed by atoms with Gasteiger partial charge in [0, 0.05) is 15.3 Å². The number of halogens is 1. The number of carbonyl (C=O) groups excluding carboxylic acids is 1. The van der Waals surface area contributed by atoms with Gasteiger partial charge in [-0.2, -0.15) is 0 Å². The molecule has 0 aromatic heterocycles. The second-order valence-electron chi connectivity index (χ2n) is 5.13. The van der Waals surface area contributed by atoms with Crippen LogP contribution in [0.15, 0.2) is 65.6 Å². The molecule has 3 aromatic carbocycles. The number of nitrogens with one attached hydrogen (secondary N) is 1. The molecule has 0 aliphatic heterocycles. The summed E-state index contributed by atoms with van der Waals surface area (Å²) in [6, 6.07) is 19.1. The fourth-order valence-electron chi connectivity index (χ4n) is 2.46. The zero-order valence-corrected chi connectivity index (χ0v) is 14.7. The molecule has 1 amide bonds. The molecular formula is C19H16ClNO2S. The predicted octanol–water partition coefficient (Wildman–Crippen LogP) is 5.23. The van der Waals surface area contributed by atoms with Crippen molar-refractivity contribution < 1.29 is 9.53 Å². The average Bonchev–Trinajstić information content (AvgIpc) is 2.60. The van der Waals surface area contributed by atoms with E-state index in [0.717, 1.165) is 15.7 Å². The van der Waals surface area contributed by atoms with E-state index in [-0.39, 0.29) is 5.91 Å².